The van der Waals surface area contributed by atoms with Crippen LogP contribution in [-0.2, 0) is 14.3 Å². The summed E-state index contributed by atoms with van der Waals surface area (Å²) < 4.78 is 29.2. The summed E-state index contributed by atoms with van der Waals surface area (Å²) in [5.74, 6) is 0. The number of unbranched alkanes of at least 4 members (excludes halogenated alkanes) is 1. The third-order valence-corrected chi connectivity index (χ3v) is 4.13. The summed E-state index contributed by atoms with van der Waals surface area (Å²) in [4.78, 5) is 0.247. The van der Waals surface area contributed by atoms with Gasteiger partial charge in [-0.05, 0) is 17.9 Å². The summed E-state index contributed by atoms with van der Waals surface area (Å²) in [5, 5.41) is 1.61. The molecule has 2 aromatic rings. The molecule has 0 aromatic heterocycles. The van der Waals surface area contributed by atoms with Crippen LogP contribution in [-0.4, -0.2) is 74.1 Å². The minimum absolute atomic E-state index is 0. The average molecular weight is 310 g/mol. The summed E-state index contributed by atoms with van der Waals surface area (Å²) in [5.41, 5.74) is 0. The van der Waals surface area contributed by atoms with Gasteiger partial charge in [0, 0.05) is 64.5 Å². The molecule has 2 radical (unpaired) electrons. The van der Waals surface area contributed by atoms with Crippen LogP contribution in [0.5, 0.6) is 0 Å². The molecular weight excluding hydrogens is 294 g/mol. The van der Waals surface area contributed by atoms with Crippen LogP contribution in [0.4, 0.5) is 0 Å². The number of rotatable bonds is 5. The molecule has 0 aliphatic heterocycles. The maximum absolute atomic E-state index is 12.1. The molecule has 2 aromatic carbocycles. The van der Waals surface area contributed by atoms with Gasteiger partial charge in [0.05, 0.1) is 6.61 Å². The molecule has 0 saturated heterocycles. The second kappa shape index (κ2) is 9.59. The van der Waals surface area contributed by atoms with Crippen molar-refractivity contribution in [1.29, 1.82) is 0 Å². The number of fused-ring (bicyclic) bond motifs is 1. The van der Waals surface area contributed by atoms with E-state index in [0.717, 1.165) is 18.2 Å². The first-order chi connectivity index (χ1) is 8.65. The predicted molar refractivity (Wildman–Crippen MR) is 83.5 cm³/mol. The maximum atomic E-state index is 12.1. The van der Waals surface area contributed by atoms with Gasteiger partial charge in [-0.25, -0.2) is 0 Å². The van der Waals surface area contributed by atoms with Crippen molar-refractivity contribution in [1.82, 2.24) is 0 Å². The molecule has 0 aliphatic rings. The van der Waals surface area contributed by atoms with Crippen molar-refractivity contribution in [3.8, 4) is 0 Å². The molecule has 98 valence electrons. The predicted octanol–water partition coefficient (Wildman–Crippen LogP) is 2.58. The van der Waals surface area contributed by atoms with E-state index < -0.39 is 10.1 Å². The van der Waals surface area contributed by atoms with Crippen molar-refractivity contribution >= 4 is 80.0 Å². The molecule has 0 amide bonds. The molecule has 0 heterocycles. The zero-order valence-electron chi connectivity index (χ0n) is 12.3. The van der Waals surface area contributed by atoms with E-state index in [-0.39, 0.29) is 70.6 Å². The molecule has 0 unspecified atom stereocenters. The van der Waals surface area contributed by atoms with Crippen molar-refractivity contribution in [2.75, 3.05) is 6.61 Å². The third-order valence-electron chi connectivity index (χ3n) is 2.76. The van der Waals surface area contributed by atoms with Gasteiger partial charge in [-0.1, -0.05) is 49.7 Å². The average Bonchev–Trinajstić information content (AvgIpc) is 2.38. The minimum Gasteiger partial charge on any atom is -0.266 e. The molecule has 0 N–H and O–H groups in total. The molecule has 0 fully saturated rings. The number of hydrogen-bond donors (Lipinski definition) is 0. The zero-order valence-corrected chi connectivity index (χ0v) is 17.1. The Morgan fingerprint density at radius 2 is 1.65 bits per heavy atom. The van der Waals surface area contributed by atoms with Crippen LogP contribution in [0.25, 0.3) is 10.8 Å². The van der Waals surface area contributed by atoms with Crippen molar-refractivity contribution in [2.45, 2.75) is 24.7 Å². The van der Waals surface area contributed by atoms with Gasteiger partial charge in [-0.15, -0.1) is 0 Å². The monoisotopic (exact) mass is 310 g/mol. The second-order valence-corrected chi connectivity index (χ2v) is 5.69. The largest absolute Gasteiger partial charge is 0.297 e. The Hall–Kier alpha value is 0.610. The summed E-state index contributed by atoms with van der Waals surface area (Å²) in [6.45, 7) is 2.23. The molecule has 0 aliphatic carbocycles. The minimum atomic E-state index is -3.66. The van der Waals surface area contributed by atoms with E-state index in [1.54, 1.807) is 18.2 Å². The Bertz CT molecular complexity index is 636. The van der Waals surface area contributed by atoms with Crippen LogP contribution in [0, 0.1) is 0 Å². The summed E-state index contributed by atoms with van der Waals surface area (Å²) in [6.07, 6.45) is 1.65. The quantitative estimate of drug-likeness (QED) is 0.484. The molecule has 20 heavy (non-hydrogen) atoms. The van der Waals surface area contributed by atoms with E-state index in [2.05, 4.69) is 0 Å². The van der Waals surface area contributed by atoms with E-state index in [1.165, 1.54) is 0 Å². The van der Waals surface area contributed by atoms with E-state index >= 15 is 0 Å². The Balaban J connectivity index is 0.00000180. The van der Waals surface area contributed by atoms with Gasteiger partial charge in [0.15, 0.2) is 0 Å². The molecule has 0 atom stereocenters. The SMILES string of the molecule is CCCCOS(=O)(=O)c1cccc2ccccc12.[Na].[Na]. The smallest absolute Gasteiger partial charge is 0.266 e. The standard InChI is InChI=1S/C14H16O3S.2Na/c1-2-3-11-17-18(15,16)14-10-6-8-12-7-4-5-9-13(12)14;;/h4-10H,2-3,11H2,1H3;;. The van der Waals surface area contributed by atoms with Crippen LogP contribution in [0.15, 0.2) is 47.4 Å². The van der Waals surface area contributed by atoms with Gasteiger partial charge in [0.1, 0.15) is 4.90 Å². The van der Waals surface area contributed by atoms with Crippen LogP contribution >= 0.6 is 0 Å². The molecule has 0 spiro atoms. The Morgan fingerprint density at radius 1 is 1.00 bits per heavy atom. The molecule has 0 saturated carbocycles. The van der Waals surface area contributed by atoms with Crippen molar-refractivity contribution in [2.24, 2.45) is 0 Å². The first-order valence-electron chi connectivity index (χ1n) is 6.02. The molecule has 2 rings (SSSR count). The maximum Gasteiger partial charge on any atom is 0.297 e. The fourth-order valence-electron chi connectivity index (χ4n) is 1.79. The summed E-state index contributed by atoms with van der Waals surface area (Å²) >= 11 is 0. The Morgan fingerprint density at radius 3 is 2.35 bits per heavy atom. The van der Waals surface area contributed by atoms with Crippen LogP contribution in [0.3, 0.4) is 0 Å². The van der Waals surface area contributed by atoms with E-state index in [1.807, 2.05) is 31.2 Å². The summed E-state index contributed by atoms with van der Waals surface area (Å²) in [7, 11) is -3.66. The van der Waals surface area contributed by atoms with Crippen molar-refractivity contribution in [3.63, 3.8) is 0 Å². The Kier molecular flexibility index (Phi) is 9.88. The van der Waals surface area contributed by atoms with Crippen molar-refractivity contribution < 1.29 is 12.6 Å². The first-order valence-corrected chi connectivity index (χ1v) is 7.43. The molecule has 3 nitrogen and oxygen atoms in total. The second-order valence-electron chi connectivity index (χ2n) is 4.11. The topological polar surface area (TPSA) is 43.4 Å². The van der Waals surface area contributed by atoms with Crippen molar-refractivity contribution in [3.05, 3.63) is 42.5 Å². The molecule has 6 heteroatoms. The van der Waals surface area contributed by atoms with Gasteiger partial charge in [-0.3, -0.25) is 4.18 Å². The normalized spacial score (nSPS) is 10.7. The van der Waals surface area contributed by atoms with Gasteiger partial charge < -0.3 is 0 Å². The zero-order chi connectivity index (χ0) is 13.0. The van der Waals surface area contributed by atoms with E-state index in [0.29, 0.717) is 5.39 Å². The van der Waals surface area contributed by atoms with Crippen LogP contribution in [0.1, 0.15) is 19.8 Å². The van der Waals surface area contributed by atoms with E-state index in [9.17, 15) is 8.42 Å². The van der Waals surface area contributed by atoms with Crippen LogP contribution in [0.2, 0.25) is 0 Å². The van der Waals surface area contributed by atoms with Gasteiger partial charge >= 0.3 is 0 Å². The van der Waals surface area contributed by atoms with Gasteiger partial charge in [0.25, 0.3) is 10.1 Å². The third kappa shape index (κ3) is 5.11. The van der Waals surface area contributed by atoms with Gasteiger partial charge in [-0.2, -0.15) is 8.42 Å². The summed E-state index contributed by atoms with van der Waals surface area (Å²) in [6, 6.07) is 12.6. The van der Waals surface area contributed by atoms with Crippen LogP contribution < -0.4 is 0 Å². The Labute approximate surface area is 164 Å². The van der Waals surface area contributed by atoms with Gasteiger partial charge in [0.2, 0.25) is 0 Å². The molecule has 0 bridgehead atoms. The van der Waals surface area contributed by atoms with E-state index in [4.69, 9.17) is 4.18 Å². The molecular formula is C14H16Na2O3S. The number of hydrogen-bond acceptors (Lipinski definition) is 3. The fourth-order valence-corrected chi connectivity index (χ4v) is 2.95. The first kappa shape index (κ1) is 20.6. The number of benzene rings is 2. The fraction of sp³-hybridized carbons (Fsp3) is 0.286.